The highest BCUT2D eigenvalue weighted by molar-refractivity contribution is 6.30. The van der Waals surface area contributed by atoms with E-state index < -0.39 is 17.7 Å². The molecule has 3 aromatic rings. The summed E-state index contributed by atoms with van der Waals surface area (Å²) in [6.07, 6.45) is 2.01. The zero-order valence-electron chi connectivity index (χ0n) is 19.8. The van der Waals surface area contributed by atoms with Crippen LogP contribution in [0, 0.1) is 6.92 Å². The quantitative estimate of drug-likeness (QED) is 0.311. The van der Waals surface area contributed by atoms with E-state index in [1.165, 1.54) is 0 Å². The summed E-state index contributed by atoms with van der Waals surface area (Å²) in [6.45, 7) is 7.99. The van der Waals surface area contributed by atoms with Gasteiger partial charge in [0.05, 0.1) is 5.60 Å². The number of aliphatic carboxylic acids is 1. The van der Waals surface area contributed by atoms with Crippen LogP contribution < -0.4 is 0 Å². The lowest BCUT2D eigenvalue weighted by atomic mass is 9.86. The smallest absolute Gasteiger partial charge is 0.337 e. The van der Waals surface area contributed by atoms with Gasteiger partial charge in [0.2, 0.25) is 0 Å². The van der Waals surface area contributed by atoms with Crippen molar-refractivity contribution in [3.63, 3.8) is 0 Å². The Kier molecular flexibility index (Phi) is 8.17. The fraction of sp³-hybridized carbons (Fsp3) is 0.393. The molecular formula is C28H33ClO4. The summed E-state index contributed by atoms with van der Waals surface area (Å²) in [5.74, 6) is -0.998. The number of fused-ring (bicyclic) bond motifs is 1. The number of carboxylic acids is 1. The van der Waals surface area contributed by atoms with Crippen molar-refractivity contribution in [2.75, 3.05) is 6.61 Å². The van der Waals surface area contributed by atoms with Gasteiger partial charge < -0.3 is 14.9 Å². The highest BCUT2D eigenvalue weighted by Crippen LogP contribution is 2.40. The molecule has 2 N–H and O–H groups in total. The first-order valence-electron chi connectivity index (χ1n) is 11.5. The molecule has 0 heterocycles. The Morgan fingerprint density at radius 3 is 2.42 bits per heavy atom. The third-order valence-corrected chi connectivity index (χ3v) is 6.13. The van der Waals surface area contributed by atoms with Crippen LogP contribution in [0.25, 0.3) is 21.9 Å². The fourth-order valence-corrected chi connectivity index (χ4v) is 4.22. The van der Waals surface area contributed by atoms with Crippen LogP contribution in [-0.4, -0.2) is 28.4 Å². The van der Waals surface area contributed by atoms with Gasteiger partial charge in [0.15, 0.2) is 6.10 Å². The van der Waals surface area contributed by atoms with Crippen LogP contribution in [0.15, 0.2) is 48.5 Å². The number of ether oxygens (including phenoxy) is 1. The fourth-order valence-electron chi connectivity index (χ4n) is 4.09. The van der Waals surface area contributed by atoms with E-state index in [2.05, 4.69) is 25.1 Å². The lowest BCUT2D eigenvalue weighted by Gasteiger charge is -2.23. The maximum atomic E-state index is 12.3. The summed E-state index contributed by atoms with van der Waals surface area (Å²) in [4.78, 5) is 12.3. The third kappa shape index (κ3) is 6.35. The average Bonchev–Trinajstić information content (AvgIpc) is 2.75. The molecule has 0 bridgehead atoms. The van der Waals surface area contributed by atoms with E-state index in [-0.39, 0.29) is 0 Å². The van der Waals surface area contributed by atoms with Crippen LogP contribution in [0.1, 0.15) is 62.8 Å². The Morgan fingerprint density at radius 2 is 1.82 bits per heavy atom. The molecular weight excluding hydrogens is 436 g/mol. The van der Waals surface area contributed by atoms with Crippen LogP contribution >= 0.6 is 11.6 Å². The highest BCUT2D eigenvalue weighted by atomic mass is 35.5. The van der Waals surface area contributed by atoms with Crippen LogP contribution in [0.5, 0.6) is 0 Å². The standard InChI is InChI=1S/C28H33ClO4/c1-5-6-15-33-26(27(30)31)24-18(2)16-21-8-7-19(13-14-28(3,4)32)17-23(21)25(24)20-9-11-22(29)12-10-20/h7-12,16-17,26,32H,5-6,13-15H2,1-4H3,(H,30,31). The molecule has 176 valence electrons. The minimum absolute atomic E-state index is 0.386. The molecule has 5 heteroatoms. The molecule has 0 aromatic heterocycles. The molecule has 3 rings (SSSR count). The van der Waals surface area contributed by atoms with Crippen molar-refractivity contribution in [2.45, 2.75) is 65.1 Å². The van der Waals surface area contributed by atoms with E-state index >= 15 is 0 Å². The van der Waals surface area contributed by atoms with Gasteiger partial charge in [-0.25, -0.2) is 4.79 Å². The first-order chi connectivity index (χ1) is 15.6. The second-order valence-corrected chi connectivity index (χ2v) is 9.74. The second kappa shape index (κ2) is 10.7. The van der Waals surface area contributed by atoms with Crippen molar-refractivity contribution in [1.29, 1.82) is 0 Å². The van der Waals surface area contributed by atoms with Crippen LogP contribution in [-0.2, 0) is 16.0 Å². The Labute approximate surface area is 201 Å². The summed E-state index contributed by atoms with van der Waals surface area (Å²) in [6, 6.07) is 15.8. The number of carboxylic acid groups (broad SMARTS) is 1. The number of aliphatic hydroxyl groups is 1. The number of hydrogen-bond acceptors (Lipinski definition) is 3. The van der Waals surface area contributed by atoms with Crippen molar-refractivity contribution in [2.24, 2.45) is 0 Å². The van der Waals surface area contributed by atoms with E-state index in [1.54, 1.807) is 13.8 Å². The van der Waals surface area contributed by atoms with Crippen molar-refractivity contribution in [1.82, 2.24) is 0 Å². The average molecular weight is 469 g/mol. The molecule has 0 amide bonds. The molecule has 0 saturated heterocycles. The van der Waals surface area contributed by atoms with Gasteiger partial charge >= 0.3 is 5.97 Å². The van der Waals surface area contributed by atoms with Gasteiger partial charge in [-0.05, 0) is 85.2 Å². The topological polar surface area (TPSA) is 66.8 Å². The summed E-state index contributed by atoms with van der Waals surface area (Å²) in [5, 5.41) is 22.9. The van der Waals surface area contributed by atoms with Crippen LogP contribution in [0.3, 0.4) is 0 Å². The lowest BCUT2D eigenvalue weighted by molar-refractivity contribution is -0.151. The number of unbranched alkanes of at least 4 members (excludes halogenated alkanes) is 1. The number of carbonyl (C=O) groups is 1. The number of halogens is 1. The lowest BCUT2D eigenvalue weighted by Crippen LogP contribution is -2.19. The summed E-state index contributed by atoms with van der Waals surface area (Å²) < 4.78 is 5.91. The molecule has 0 aliphatic carbocycles. The molecule has 0 aliphatic rings. The highest BCUT2D eigenvalue weighted by Gasteiger charge is 2.27. The van der Waals surface area contributed by atoms with Gasteiger partial charge in [-0.2, -0.15) is 0 Å². The van der Waals surface area contributed by atoms with E-state index in [1.807, 2.05) is 37.3 Å². The van der Waals surface area contributed by atoms with Gasteiger partial charge in [-0.3, -0.25) is 0 Å². The molecule has 4 nitrogen and oxygen atoms in total. The minimum Gasteiger partial charge on any atom is -0.479 e. The minimum atomic E-state index is -1.06. The predicted octanol–water partition coefficient (Wildman–Crippen LogP) is 7.11. The zero-order chi connectivity index (χ0) is 24.2. The van der Waals surface area contributed by atoms with Gasteiger partial charge in [-0.1, -0.05) is 61.3 Å². The molecule has 0 saturated carbocycles. The van der Waals surface area contributed by atoms with Crippen molar-refractivity contribution >= 4 is 28.3 Å². The van der Waals surface area contributed by atoms with Crippen molar-refractivity contribution in [3.05, 3.63) is 70.2 Å². The van der Waals surface area contributed by atoms with E-state index in [0.29, 0.717) is 23.6 Å². The number of aryl methyl sites for hydroxylation is 2. The molecule has 0 aliphatic heterocycles. The normalized spacial score (nSPS) is 12.8. The summed E-state index contributed by atoms with van der Waals surface area (Å²) >= 11 is 6.15. The largest absolute Gasteiger partial charge is 0.479 e. The molecule has 1 atom stereocenters. The van der Waals surface area contributed by atoms with E-state index in [9.17, 15) is 15.0 Å². The Hall–Kier alpha value is -2.40. The molecule has 1 unspecified atom stereocenters. The van der Waals surface area contributed by atoms with Crippen molar-refractivity contribution < 1.29 is 19.7 Å². The Bertz CT molecular complexity index is 1110. The molecule has 33 heavy (non-hydrogen) atoms. The van der Waals surface area contributed by atoms with Gasteiger partial charge in [0, 0.05) is 17.2 Å². The summed E-state index contributed by atoms with van der Waals surface area (Å²) in [7, 11) is 0. The third-order valence-electron chi connectivity index (χ3n) is 5.88. The maximum absolute atomic E-state index is 12.3. The van der Waals surface area contributed by atoms with Crippen molar-refractivity contribution in [3.8, 4) is 11.1 Å². The van der Waals surface area contributed by atoms with Crippen LogP contribution in [0.4, 0.5) is 0 Å². The van der Waals surface area contributed by atoms with Crippen LogP contribution in [0.2, 0.25) is 5.02 Å². The SMILES string of the molecule is CCCCOC(C(=O)O)c1c(C)cc2ccc(CCC(C)(C)O)cc2c1-c1ccc(Cl)cc1. The van der Waals surface area contributed by atoms with Gasteiger partial charge in [0.1, 0.15) is 0 Å². The second-order valence-electron chi connectivity index (χ2n) is 9.30. The summed E-state index contributed by atoms with van der Waals surface area (Å²) in [5.41, 5.74) is 3.64. The first-order valence-corrected chi connectivity index (χ1v) is 11.9. The molecule has 0 radical (unpaired) electrons. The predicted molar refractivity (Wildman–Crippen MR) is 135 cm³/mol. The Morgan fingerprint density at radius 1 is 1.12 bits per heavy atom. The number of benzene rings is 3. The molecule has 0 fully saturated rings. The van der Waals surface area contributed by atoms with Gasteiger partial charge in [-0.15, -0.1) is 0 Å². The monoisotopic (exact) mass is 468 g/mol. The molecule has 3 aromatic carbocycles. The maximum Gasteiger partial charge on any atom is 0.337 e. The zero-order valence-corrected chi connectivity index (χ0v) is 20.6. The van der Waals surface area contributed by atoms with Gasteiger partial charge in [0.25, 0.3) is 0 Å². The Balaban J connectivity index is 2.24. The number of hydrogen-bond donors (Lipinski definition) is 2. The first kappa shape index (κ1) is 25.2. The molecule has 0 spiro atoms. The number of rotatable bonds is 10. The van der Waals surface area contributed by atoms with E-state index in [0.717, 1.165) is 52.3 Å². The van der Waals surface area contributed by atoms with E-state index in [4.69, 9.17) is 16.3 Å².